The number of hydrogen-bond donors (Lipinski definition) is 2. The molecule has 0 spiro atoms. The Morgan fingerprint density at radius 2 is 2.00 bits per heavy atom. The van der Waals surface area contributed by atoms with E-state index in [9.17, 15) is 9.59 Å². The van der Waals surface area contributed by atoms with Crippen molar-refractivity contribution in [3.8, 4) is 0 Å². The van der Waals surface area contributed by atoms with Crippen LogP contribution in [0.5, 0.6) is 0 Å². The SMILES string of the molecule is COCCNC(=O)C1CC1C(=O)Nc1ccccc1Br. The number of halogens is 1. The lowest BCUT2D eigenvalue weighted by atomic mass is 10.2. The van der Waals surface area contributed by atoms with Gasteiger partial charge in [-0.3, -0.25) is 9.59 Å². The second kappa shape index (κ2) is 6.85. The maximum absolute atomic E-state index is 12.0. The quantitative estimate of drug-likeness (QED) is 0.776. The van der Waals surface area contributed by atoms with Crippen LogP contribution in [0.25, 0.3) is 0 Å². The molecule has 0 radical (unpaired) electrons. The first kappa shape index (κ1) is 15.0. The number of amides is 2. The summed E-state index contributed by atoms with van der Waals surface area (Å²) < 4.78 is 5.69. The number of nitrogens with one attached hydrogen (secondary N) is 2. The highest BCUT2D eigenvalue weighted by Gasteiger charge is 2.47. The summed E-state index contributed by atoms with van der Waals surface area (Å²) >= 11 is 3.37. The Balaban J connectivity index is 1.81. The average molecular weight is 341 g/mol. The Kier molecular flexibility index (Phi) is 5.14. The van der Waals surface area contributed by atoms with Crippen LogP contribution in [0, 0.1) is 11.8 Å². The number of anilines is 1. The maximum atomic E-state index is 12.0. The van der Waals surface area contributed by atoms with Crippen molar-refractivity contribution in [1.82, 2.24) is 5.32 Å². The van der Waals surface area contributed by atoms with Gasteiger partial charge in [0.25, 0.3) is 0 Å². The molecule has 108 valence electrons. The van der Waals surface area contributed by atoms with Gasteiger partial charge in [-0.25, -0.2) is 0 Å². The summed E-state index contributed by atoms with van der Waals surface area (Å²) in [6.45, 7) is 0.955. The van der Waals surface area contributed by atoms with Crippen LogP contribution in [0.3, 0.4) is 0 Å². The van der Waals surface area contributed by atoms with E-state index in [0.29, 0.717) is 19.6 Å². The average Bonchev–Trinajstić information content (AvgIpc) is 3.22. The van der Waals surface area contributed by atoms with Crippen LogP contribution in [0.15, 0.2) is 28.7 Å². The van der Waals surface area contributed by atoms with E-state index in [1.165, 1.54) is 0 Å². The van der Waals surface area contributed by atoms with Gasteiger partial charge in [-0.1, -0.05) is 12.1 Å². The molecule has 2 amide bonds. The molecule has 1 aromatic rings. The van der Waals surface area contributed by atoms with Gasteiger partial charge in [0.15, 0.2) is 0 Å². The zero-order valence-corrected chi connectivity index (χ0v) is 12.8. The van der Waals surface area contributed by atoms with E-state index >= 15 is 0 Å². The molecule has 1 saturated carbocycles. The molecule has 0 saturated heterocycles. The highest BCUT2D eigenvalue weighted by atomic mass is 79.9. The Labute approximate surface area is 126 Å². The zero-order chi connectivity index (χ0) is 14.5. The largest absolute Gasteiger partial charge is 0.383 e. The van der Waals surface area contributed by atoms with Gasteiger partial charge in [0.1, 0.15) is 0 Å². The van der Waals surface area contributed by atoms with Crippen molar-refractivity contribution >= 4 is 33.4 Å². The first-order chi connectivity index (χ1) is 9.63. The van der Waals surface area contributed by atoms with Crippen LogP contribution < -0.4 is 10.6 Å². The molecule has 5 nitrogen and oxygen atoms in total. The Morgan fingerprint density at radius 1 is 1.30 bits per heavy atom. The fraction of sp³-hybridized carbons (Fsp3) is 0.429. The summed E-state index contributed by atoms with van der Waals surface area (Å²) in [5.74, 6) is -0.628. The number of ether oxygens (including phenoxy) is 1. The molecule has 1 aromatic carbocycles. The number of para-hydroxylation sites is 1. The number of hydrogen-bond acceptors (Lipinski definition) is 3. The van der Waals surface area contributed by atoms with Crippen LogP contribution in [-0.2, 0) is 14.3 Å². The third-order valence-corrected chi connectivity index (χ3v) is 3.89. The summed E-state index contributed by atoms with van der Waals surface area (Å²) in [4.78, 5) is 23.8. The van der Waals surface area contributed by atoms with E-state index in [1.807, 2.05) is 24.3 Å². The molecule has 0 bridgehead atoms. The fourth-order valence-electron chi connectivity index (χ4n) is 1.97. The Morgan fingerprint density at radius 3 is 2.70 bits per heavy atom. The fourth-order valence-corrected chi connectivity index (χ4v) is 2.35. The van der Waals surface area contributed by atoms with Gasteiger partial charge in [0, 0.05) is 18.1 Å². The number of rotatable bonds is 6. The second-order valence-corrected chi connectivity index (χ2v) is 5.56. The molecule has 1 aliphatic carbocycles. The molecule has 0 aliphatic heterocycles. The van der Waals surface area contributed by atoms with E-state index < -0.39 is 0 Å². The predicted octanol–water partition coefficient (Wildman–Crippen LogP) is 1.79. The van der Waals surface area contributed by atoms with E-state index in [4.69, 9.17) is 4.74 Å². The van der Waals surface area contributed by atoms with Crippen LogP contribution in [0.2, 0.25) is 0 Å². The molecule has 2 rings (SSSR count). The molecule has 1 aliphatic rings. The van der Waals surface area contributed by atoms with Crippen LogP contribution in [0.4, 0.5) is 5.69 Å². The molecular weight excluding hydrogens is 324 g/mol. The van der Waals surface area contributed by atoms with E-state index in [1.54, 1.807) is 7.11 Å². The molecule has 1 fully saturated rings. The summed E-state index contributed by atoms with van der Waals surface area (Å²) in [5.41, 5.74) is 0.725. The molecule has 6 heteroatoms. The summed E-state index contributed by atoms with van der Waals surface area (Å²) in [5, 5.41) is 5.59. The van der Waals surface area contributed by atoms with Gasteiger partial charge in [0.2, 0.25) is 11.8 Å². The maximum Gasteiger partial charge on any atom is 0.228 e. The van der Waals surface area contributed by atoms with Crippen LogP contribution in [0.1, 0.15) is 6.42 Å². The van der Waals surface area contributed by atoms with Crippen LogP contribution in [-0.4, -0.2) is 32.1 Å². The summed E-state index contributed by atoms with van der Waals surface area (Å²) in [6, 6.07) is 7.40. The molecule has 2 N–H and O–H groups in total. The smallest absolute Gasteiger partial charge is 0.228 e. The number of methoxy groups -OCH3 is 1. The molecule has 2 unspecified atom stereocenters. The van der Waals surface area contributed by atoms with E-state index in [-0.39, 0.29) is 23.7 Å². The van der Waals surface area contributed by atoms with Crippen LogP contribution >= 0.6 is 15.9 Å². The predicted molar refractivity (Wildman–Crippen MR) is 79.3 cm³/mol. The van der Waals surface area contributed by atoms with Gasteiger partial charge < -0.3 is 15.4 Å². The van der Waals surface area contributed by atoms with Crippen molar-refractivity contribution in [2.75, 3.05) is 25.6 Å². The monoisotopic (exact) mass is 340 g/mol. The summed E-state index contributed by atoms with van der Waals surface area (Å²) in [7, 11) is 1.58. The second-order valence-electron chi connectivity index (χ2n) is 4.70. The molecule has 2 atom stereocenters. The minimum atomic E-state index is -0.232. The van der Waals surface area contributed by atoms with Crippen molar-refractivity contribution in [2.45, 2.75) is 6.42 Å². The standard InChI is InChI=1S/C14H17BrN2O3/c1-20-7-6-16-13(18)9-8-10(9)14(19)17-12-5-3-2-4-11(12)15/h2-5,9-10H,6-8H2,1H3,(H,16,18)(H,17,19). The Hall–Kier alpha value is -1.40. The first-order valence-corrected chi connectivity index (χ1v) is 7.25. The molecule has 0 aromatic heterocycles. The lowest BCUT2D eigenvalue weighted by molar-refractivity contribution is -0.125. The van der Waals surface area contributed by atoms with Crippen molar-refractivity contribution in [2.24, 2.45) is 11.8 Å². The Bertz CT molecular complexity index is 507. The van der Waals surface area contributed by atoms with Gasteiger partial charge in [0.05, 0.1) is 24.1 Å². The zero-order valence-electron chi connectivity index (χ0n) is 11.2. The minimum Gasteiger partial charge on any atom is -0.383 e. The molecule has 0 heterocycles. The third-order valence-electron chi connectivity index (χ3n) is 3.20. The number of benzene rings is 1. The van der Waals surface area contributed by atoms with Gasteiger partial charge in [-0.15, -0.1) is 0 Å². The lowest BCUT2D eigenvalue weighted by Crippen LogP contribution is -2.30. The minimum absolute atomic E-state index is 0.0747. The normalized spacial score (nSPS) is 20.3. The van der Waals surface area contributed by atoms with Gasteiger partial charge >= 0.3 is 0 Å². The lowest BCUT2D eigenvalue weighted by Gasteiger charge is -2.07. The van der Waals surface area contributed by atoms with Crippen molar-refractivity contribution in [3.05, 3.63) is 28.7 Å². The number of carbonyl (C=O) groups excluding carboxylic acids is 2. The molecule has 20 heavy (non-hydrogen) atoms. The molecular formula is C14H17BrN2O3. The van der Waals surface area contributed by atoms with Gasteiger partial charge in [-0.05, 0) is 34.5 Å². The van der Waals surface area contributed by atoms with E-state index in [2.05, 4.69) is 26.6 Å². The third kappa shape index (κ3) is 3.80. The summed E-state index contributed by atoms with van der Waals surface area (Å²) in [6.07, 6.45) is 0.606. The van der Waals surface area contributed by atoms with Crippen molar-refractivity contribution in [3.63, 3.8) is 0 Å². The van der Waals surface area contributed by atoms with Gasteiger partial charge in [-0.2, -0.15) is 0 Å². The first-order valence-electron chi connectivity index (χ1n) is 6.45. The highest BCUT2D eigenvalue weighted by molar-refractivity contribution is 9.10. The van der Waals surface area contributed by atoms with E-state index in [0.717, 1.165) is 10.2 Å². The van der Waals surface area contributed by atoms with Crippen molar-refractivity contribution < 1.29 is 14.3 Å². The number of carbonyl (C=O) groups is 2. The van der Waals surface area contributed by atoms with Crippen molar-refractivity contribution in [1.29, 1.82) is 0 Å². The topological polar surface area (TPSA) is 67.4 Å². The highest BCUT2D eigenvalue weighted by Crippen LogP contribution is 2.39.